The molecular weight excluding hydrogens is 314 g/mol. The van der Waals surface area contributed by atoms with Crippen molar-refractivity contribution >= 4 is 29.3 Å². The molecule has 22 heavy (non-hydrogen) atoms. The molecule has 1 aromatic heterocycles. The lowest BCUT2D eigenvalue weighted by Crippen LogP contribution is -2.39. The zero-order valence-electron chi connectivity index (χ0n) is 12.0. The van der Waals surface area contributed by atoms with E-state index in [-0.39, 0.29) is 24.1 Å². The maximum atomic E-state index is 12.2. The van der Waals surface area contributed by atoms with Crippen molar-refractivity contribution in [1.29, 1.82) is 0 Å². The van der Waals surface area contributed by atoms with Crippen LogP contribution in [0.25, 0.3) is 0 Å². The van der Waals surface area contributed by atoms with Crippen molar-refractivity contribution in [3.63, 3.8) is 0 Å². The Morgan fingerprint density at radius 2 is 1.95 bits per heavy atom. The molecule has 2 rings (SSSR count). The number of hydrogen-bond donors (Lipinski definition) is 0. The zero-order chi connectivity index (χ0) is 16.1. The van der Waals surface area contributed by atoms with Gasteiger partial charge in [0, 0.05) is 6.20 Å². The Morgan fingerprint density at radius 3 is 2.59 bits per heavy atom. The zero-order valence-corrected chi connectivity index (χ0v) is 12.7. The van der Waals surface area contributed by atoms with E-state index in [2.05, 4.69) is 15.1 Å². The number of rotatable bonds is 5. The van der Waals surface area contributed by atoms with Crippen LogP contribution in [0.1, 0.15) is 19.4 Å². The molecule has 2 unspecified atom stereocenters. The van der Waals surface area contributed by atoms with Gasteiger partial charge in [-0.1, -0.05) is 16.8 Å². The summed E-state index contributed by atoms with van der Waals surface area (Å²) in [6.45, 7) is 3.61. The summed E-state index contributed by atoms with van der Waals surface area (Å²) in [5, 5.41) is 3.88. The summed E-state index contributed by atoms with van der Waals surface area (Å²) in [5.41, 5.74) is 0.441. The van der Waals surface area contributed by atoms with E-state index in [1.165, 1.54) is 12.5 Å². The van der Waals surface area contributed by atoms with E-state index in [1.54, 1.807) is 13.8 Å². The van der Waals surface area contributed by atoms with Crippen molar-refractivity contribution < 1.29 is 23.9 Å². The summed E-state index contributed by atoms with van der Waals surface area (Å²) in [7, 11) is 0. The van der Waals surface area contributed by atoms with Crippen molar-refractivity contribution in [2.24, 2.45) is 11.1 Å². The maximum absolute atomic E-state index is 12.2. The summed E-state index contributed by atoms with van der Waals surface area (Å²) in [5.74, 6) is -2.44. The molecule has 0 aliphatic carbocycles. The van der Waals surface area contributed by atoms with Crippen molar-refractivity contribution in [3.8, 4) is 0 Å². The summed E-state index contributed by atoms with van der Waals surface area (Å²) >= 11 is 5.98. The van der Waals surface area contributed by atoms with Gasteiger partial charge < -0.3 is 14.3 Å². The number of esters is 2. The number of carbonyl (C=O) groups excluding carboxylic acids is 2. The Bertz CT molecular complexity index is 607. The Kier molecular flexibility index (Phi) is 5.26. The van der Waals surface area contributed by atoms with Gasteiger partial charge in [0.15, 0.2) is 5.92 Å². The first-order valence-corrected chi connectivity index (χ1v) is 7.00. The van der Waals surface area contributed by atoms with E-state index in [0.717, 1.165) is 0 Å². The third kappa shape index (κ3) is 3.16. The van der Waals surface area contributed by atoms with E-state index < -0.39 is 24.0 Å². The molecule has 0 amide bonds. The molecule has 0 N–H and O–H groups in total. The molecule has 9 heteroatoms. The highest BCUT2D eigenvalue weighted by atomic mass is 35.5. The molecular formula is C13H14ClN3O5. The lowest BCUT2D eigenvalue weighted by Gasteiger charge is -2.16. The summed E-state index contributed by atoms with van der Waals surface area (Å²) < 4.78 is 9.87. The Morgan fingerprint density at radius 1 is 1.27 bits per heavy atom. The van der Waals surface area contributed by atoms with Crippen molar-refractivity contribution in [2.45, 2.75) is 20.0 Å². The van der Waals surface area contributed by atoms with Crippen LogP contribution in [0.5, 0.6) is 0 Å². The summed E-state index contributed by atoms with van der Waals surface area (Å²) in [6.07, 6.45) is 1.42. The van der Waals surface area contributed by atoms with E-state index >= 15 is 0 Å². The van der Waals surface area contributed by atoms with Crippen LogP contribution in [0.3, 0.4) is 0 Å². The van der Waals surface area contributed by atoms with Crippen molar-refractivity contribution in [1.82, 2.24) is 9.97 Å². The average molecular weight is 328 g/mol. The van der Waals surface area contributed by atoms with Crippen LogP contribution >= 0.6 is 11.6 Å². The highest BCUT2D eigenvalue weighted by Crippen LogP contribution is 2.28. The highest BCUT2D eigenvalue weighted by molar-refractivity contribution is 6.34. The smallest absolute Gasteiger partial charge is 0.351 e. The van der Waals surface area contributed by atoms with Gasteiger partial charge in [0.05, 0.1) is 18.8 Å². The maximum Gasteiger partial charge on any atom is 0.351 e. The third-order valence-electron chi connectivity index (χ3n) is 2.86. The van der Waals surface area contributed by atoms with E-state index in [0.29, 0.717) is 5.56 Å². The molecule has 0 saturated carbocycles. The van der Waals surface area contributed by atoms with Crippen LogP contribution in [0.15, 0.2) is 17.7 Å². The number of hydrogen-bond acceptors (Lipinski definition) is 8. The first-order valence-electron chi connectivity index (χ1n) is 6.63. The topological polar surface area (TPSA) is 100.0 Å². The molecule has 0 spiro atoms. The second-order valence-electron chi connectivity index (χ2n) is 4.21. The number of oxime groups is 1. The standard InChI is InChI=1S/C13H14ClN3O5/c1-3-20-12(18)8-9(7-5-15-6-16-11(7)14)17-22-10(8)13(19)21-4-2/h5-6,8,10H,3-4H2,1-2H3. The second kappa shape index (κ2) is 7.17. The Hall–Kier alpha value is -2.22. The minimum Gasteiger partial charge on any atom is -0.465 e. The third-order valence-corrected chi connectivity index (χ3v) is 3.16. The van der Waals surface area contributed by atoms with Crippen LogP contribution in [0, 0.1) is 5.92 Å². The number of ether oxygens (including phenoxy) is 2. The van der Waals surface area contributed by atoms with Crippen molar-refractivity contribution in [2.75, 3.05) is 13.2 Å². The fourth-order valence-corrected chi connectivity index (χ4v) is 2.14. The van der Waals surface area contributed by atoms with Gasteiger partial charge in [-0.3, -0.25) is 4.79 Å². The van der Waals surface area contributed by atoms with Crippen LogP contribution in [-0.4, -0.2) is 46.9 Å². The molecule has 0 saturated heterocycles. The van der Waals surface area contributed by atoms with Gasteiger partial charge in [0.25, 0.3) is 0 Å². The first kappa shape index (κ1) is 16.2. The molecule has 1 aromatic rings. The van der Waals surface area contributed by atoms with Crippen LogP contribution < -0.4 is 0 Å². The molecule has 0 aromatic carbocycles. The van der Waals surface area contributed by atoms with Gasteiger partial charge in [0.2, 0.25) is 6.10 Å². The van der Waals surface area contributed by atoms with Gasteiger partial charge in [-0.15, -0.1) is 0 Å². The second-order valence-corrected chi connectivity index (χ2v) is 4.57. The predicted molar refractivity (Wildman–Crippen MR) is 75.2 cm³/mol. The molecule has 2 atom stereocenters. The summed E-state index contributed by atoms with van der Waals surface area (Å²) in [6, 6.07) is 0. The van der Waals surface area contributed by atoms with Crippen molar-refractivity contribution in [3.05, 3.63) is 23.2 Å². The predicted octanol–water partition coefficient (Wildman–Crippen LogP) is 0.975. The molecule has 2 heterocycles. The fourth-order valence-electron chi connectivity index (χ4n) is 1.95. The Labute approximate surface area is 131 Å². The minimum atomic E-state index is -1.22. The summed E-state index contributed by atoms with van der Waals surface area (Å²) in [4.78, 5) is 36.8. The highest BCUT2D eigenvalue weighted by Gasteiger charge is 2.47. The molecule has 8 nitrogen and oxygen atoms in total. The lowest BCUT2D eigenvalue weighted by molar-refractivity contribution is -0.164. The van der Waals surface area contributed by atoms with E-state index in [4.69, 9.17) is 25.9 Å². The lowest BCUT2D eigenvalue weighted by atomic mass is 9.93. The van der Waals surface area contributed by atoms with Gasteiger partial charge in [-0.25, -0.2) is 14.8 Å². The molecule has 0 radical (unpaired) electrons. The number of halogens is 1. The van der Waals surface area contributed by atoms with E-state index in [1.807, 2.05) is 0 Å². The average Bonchev–Trinajstić information content (AvgIpc) is 2.93. The fraction of sp³-hybridized carbons (Fsp3) is 0.462. The number of aromatic nitrogens is 2. The van der Waals surface area contributed by atoms with Gasteiger partial charge in [-0.2, -0.15) is 0 Å². The normalized spacial score (nSPS) is 20.0. The quantitative estimate of drug-likeness (QED) is 0.587. The number of nitrogens with zero attached hydrogens (tertiary/aromatic N) is 3. The van der Waals surface area contributed by atoms with Crippen LogP contribution in [-0.2, 0) is 23.9 Å². The minimum absolute atomic E-state index is 0.0937. The van der Waals surface area contributed by atoms with Gasteiger partial charge >= 0.3 is 11.9 Å². The molecule has 118 valence electrons. The SMILES string of the molecule is CCOC(=O)C1ON=C(c2cncnc2Cl)C1C(=O)OCC. The Balaban J connectivity index is 2.35. The molecule has 0 fully saturated rings. The van der Waals surface area contributed by atoms with Gasteiger partial charge in [-0.05, 0) is 13.8 Å². The molecule has 0 bridgehead atoms. The molecule has 1 aliphatic heterocycles. The number of carbonyl (C=O) groups is 2. The van der Waals surface area contributed by atoms with Crippen LogP contribution in [0.4, 0.5) is 0 Å². The molecule has 1 aliphatic rings. The largest absolute Gasteiger partial charge is 0.465 e. The van der Waals surface area contributed by atoms with Gasteiger partial charge in [0.1, 0.15) is 17.2 Å². The van der Waals surface area contributed by atoms with Crippen LogP contribution in [0.2, 0.25) is 5.15 Å². The van der Waals surface area contributed by atoms with E-state index in [9.17, 15) is 9.59 Å². The monoisotopic (exact) mass is 327 g/mol. The first-order chi connectivity index (χ1) is 10.6.